The second-order valence-corrected chi connectivity index (χ2v) is 4.60. The van der Waals surface area contributed by atoms with Crippen molar-refractivity contribution < 1.29 is 4.79 Å². The Balaban J connectivity index is 2.26. The van der Waals surface area contributed by atoms with Crippen molar-refractivity contribution in [1.29, 1.82) is 0 Å². The molecule has 0 unspecified atom stereocenters. The van der Waals surface area contributed by atoms with E-state index in [-0.39, 0.29) is 16.0 Å². The first-order valence-electron chi connectivity index (χ1n) is 5.33. The topological polar surface area (TPSA) is 80.9 Å². The zero-order valence-corrected chi connectivity index (χ0v) is 11.5. The molecule has 0 radical (unpaired) electrons. The van der Waals surface area contributed by atoms with Crippen molar-refractivity contribution in [2.24, 2.45) is 0 Å². The SMILES string of the molecule is Cc1cc(Cl)nc(Cl)c1NC(=O)c1ccc(N)cn1. The first-order chi connectivity index (χ1) is 8.97. The first-order valence-corrected chi connectivity index (χ1v) is 6.08. The van der Waals surface area contributed by atoms with Crippen molar-refractivity contribution in [3.63, 3.8) is 0 Å². The molecule has 2 rings (SSSR count). The number of nitrogens with zero attached hydrogens (tertiary/aromatic N) is 2. The smallest absolute Gasteiger partial charge is 0.274 e. The summed E-state index contributed by atoms with van der Waals surface area (Å²) >= 11 is 11.7. The van der Waals surface area contributed by atoms with E-state index in [0.29, 0.717) is 16.9 Å². The molecule has 0 fully saturated rings. The monoisotopic (exact) mass is 296 g/mol. The number of pyridine rings is 2. The molecule has 7 heteroatoms. The van der Waals surface area contributed by atoms with E-state index in [4.69, 9.17) is 28.9 Å². The third-order valence-electron chi connectivity index (χ3n) is 2.40. The average molecular weight is 297 g/mol. The Morgan fingerprint density at radius 3 is 2.68 bits per heavy atom. The standard InChI is InChI=1S/C12H10Cl2N4O/c1-6-4-9(13)17-11(14)10(6)18-12(19)8-3-2-7(15)5-16-8/h2-5H,15H2,1H3,(H,18,19). The molecule has 0 aliphatic carbocycles. The number of amides is 1. The summed E-state index contributed by atoms with van der Waals surface area (Å²) in [5, 5.41) is 3.05. The van der Waals surface area contributed by atoms with Gasteiger partial charge in [0.1, 0.15) is 10.8 Å². The van der Waals surface area contributed by atoms with Crippen LogP contribution in [0.15, 0.2) is 24.4 Å². The summed E-state index contributed by atoms with van der Waals surface area (Å²) in [6.07, 6.45) is 1.41. The van der Waals surface area contributed by atoms with Gasteiger partial charge in [-0.15, -0.1) is 0 Å². The van der Waals surface area contributed by atoms with Gasteiger partial charge in [0.05, 0.1) is 17.6 Å². The van der Waals surface area contributed by atoms with E-state index in [1.165, 1.54) is 12.3 Å². The number of aryl methyl sites for hydroxylation is 1. The van der Waals surface area contributed by atoms with Crippen LogP contribution in [0.5, 0.6) is 0 Å². The minimum absolute atomic E-state index is 0.133. The van der Waals surface area contributed by atoms with Gasteiger partial charge in [0.15, 0.2) is 5.15 Å². The second-order valence-electron chi connectivity index (χ2n) is 3.86. The molecule has 0 saturated carbocycles. The fourth-order valence-electron chi connectivity index (χ4n) is 1.46. The minimum atomic E-state index is -0.394. The highest BCUT2D eigenvalue weighted by Gasteiger charge is 2.13. The number of carbonyl (C=O) groups is 1. The summed E-state index contributed by atoms with van der Waals surface area (Å²) in [7, 11) is 0. The fraction of sp³-hybridized carbons (Fsp3) is 0.0833. The van der Waals surface area contributed by atoms with Gasteiger partial charge < -0.3 is 11.1 Å². The first kappa shape index (κ1) is 13.6. The van der Waals surface area contributed by atoms with Crippen LogP contribution >= 0.6 is 23.2 Å². The molecular formula is C12H10Cl2N4O. The summed E-state index contributed by atoms with van der Waals surface area (Å²) in [5.41, 5.74) is 7.35. The van der Waals surface area contributed by atoms with Gasteiger partial charge in [0.25, 0.3) is 5.91 Å². The quantitative estimate of drug-likeness (QED) is 0.835. The predicted molar refractivity (Wildman–Crippen MR) is 75.6 cm³/mol. The molecule has 19 heavy (non-hydrogen) atoms. The lowest BCUT2D eigenvalue weighted by Gasteiger charge is -2.09. The molecule has 0 aromatic carbocycles. The third-order valence-corrected chi connectivity index (χ3v) is 2.87. The number of halogens is 2. The molecule has 2 aromatic heterocycles. The maximum Gasteiger partial charge on any atom is 0.274 e. The van der Waals surface area contributed by atoms with Crippen molar-refractivity contribution in [2.45, 2.75) is 6.92 Å². The van der Waals surface area contributed by atoms with Crippen LogP contribution in [0.1, 0.15) is 16.1 Å². The molecule has 1 amide bonds. The Hall–Kier alpha value is -1.85. The van der Waals surface area contributed by atoms with Gasteiger partial charge in [-0.2, -0.15) is 0 Å². The Morgan fingerprint density at radius 2 is 2.11 bits per heavy atom. The molecule has 3 N–H and O–H groups in total. The number of aromatic nitrogens is 2. The van der Waals surface area contributed by atoms with Gasteiger partial charge in [-0.05, 0) is 30.7 Å². The van der Waals surface area contributed by atoms with E-state index in [1.54, 1.807) is 19.1 Å². The van der Waals surface area contributed by atoms with Crippen LogP contribution < -0.4 is 11.1 Å². The summed E-state index contributed by atoms with van der Waals surface area (Å²) in [4.78, 5) is 19.8. The number of nitrogen functional groups attached to an aromatic ring is 1. The van der Waals surface area contributed by atoms with E-state index in [0.717, 1.165) is 0 Å². The second kappa shape index (κ2) is 5.42. The van der Waals surface area contributed by atoms with Crippen LogP contribution in [0.2, 0.25) is 10.3 Å². The molecule has 0 bridgehead atoms. The number of nitrogens with one attached hydrogen (secondary N) is 1. The molecule has 5 nitrogen and oxygen atoms in total. The van der Waals surface area contributed by atoms with Gasteiger partial charge in [-0.3, -0.25) is 4.79 Å². The van der Waals surface area contributed by atoms with Gasteiger partial charge in [-0.25, -0.2) is 9.97 Å². The van der Waals surface area contributed by atoms with E-state index in [9.17, 15) is 4.79 Å². The van der Waals surface area contributed by atoms with Crippen molar-refractivity contribution in [3.05, 3.63) is 46.0 Å². The van der Waals surface area contributed by atoms with E-state index < -0.39 is 5.91 Å². The molecule has 0 aliphatic rings. The average Bonchev–Trinajstić information content (AvgIpc) is 2.34. The zero-order chi connectivity index (χ0) is 14.0. The molecule has 0 saturated heterocycles. The number of anilines is 2. The Kier molecular flexibility index (Phi) is 3.87. The lowest BCUT2D eigenvalue weighted by atomic mass is 10.2. The van der Waals surface area contributed by atoms with Crippen LogP contribution in [0, 0.1) is 6.92 Å². The van der Waals surface area contributed by atoms with Gasteiger partial charge in [0, 0.05) is 0 Å². The maximum absolute atomic E-state index is 12.0. The van der Waals surface area contributed by atoms with Crippen molar-refractivity contribution in [2.75, 3.05) is 11.1 Å². The van der Waals surface area contributed by atoms with Crippen LogP contribution in [0.3, 0.4) is 0 Å². The largest absolute Gasteiger partial charge is 0.397 e. The lowest BCUT2D eigenvalue weighted by molar-refractivity contribution is 0.102. The predicted octanol–water partition coefficient (Wildman–Crippen LogP) is 2.93. The molecule has 2 heterocycles. The fourth-order valence-corrected chi connectivity index (χ4v) is 2.04. The zero-order valence-electron chi connectivity index (χ0n) is 9.95. The normalized spacial score (nSPS) is 10.3. The molecule has 0 atom stereocenters. The van der Waals surface area contributed by atoms with E-state index in [1.807, 2.05) is 0 Å². The summed E-state index contributed by atoms with van der Waals surface area (Å²) < 4.78 is 0. The Morgan fingerprint density at radius 1 is 1.37 bits per heavy atom. The van der Waals surface area contributed by atoms with Gasteiger partial charge in [-0.1, -0.05) is 23.2 Å². The van der Waals surface area contributed by atoms with Gasteiger partial charge >= 0.3 is 0 Å². The van der Waals surface area contributed by atoms with Crippen LogP contribution in [-0.2, 0) is 0 Å². The van der Waals surface area contributed by atoms with Crippen molar-refractivity contribution >= 4 is 40.5 Å². The van der Waals surface area contributed by atoms with Crippen LogP contribution in [-0.4, -0.2) is 15.9 Å². The van der Waals surface area contributed by atoms with Crippen LogP contribution in [0.4, 0.5) is 11.4 Å². The molecule has 98 valence electrons. The number of hydrogen-bond acceptors (Lipinski definition) is 4. The van der Waals surface area contributed by atoms with Crippen LogP contribution in [0.25, 0.3) is 0 Å². The highest BCUT2D eigenvalue weighted by atomic mass is 35.5. The van der Waals surface area contributed by atoms with Gasteiger partial charge in [0.2, 0.25) is 0 Å². The van der Waals surface area contributed by atoms with E-state index >= 15 is 0 Å². The molecule has 0 aliphatic heterocycles. The molecule has 0 spiro atoms. The highest BCUT2D eigenvalue weighted by molar-refractivity contribution is 6.35. The van der Waals surface area contributed by atoms with Crippen molar-refractivity contribution in [3.8, 4) is 0 Å². The number of rotatable bonds is 2. The summed E-state index contributed by atoms with van der Waals surface area (Å²) in [6.45, 7) is 1.77. The molecule has 2 aromatic rings. The minimum Gasteiger partial charge on any atom is -0.397 e. The number of nitrogens with two attached hydrogens (primary N) is 1. The van der Waals surface area contributed by atoms with Crippen molar-refractivity contribution in [1.82, 2.24) is 9.97 Å². The van der Waals surface area contributed by atoms with E-state index in [2.05, 4.69) is 15.3 Å². The lowest BCUT2D eigenvalue weighted by Crippen LogP contribution is -2.15. The highest BCUT2D eigenvalue weighted by Crippen LogP contribution is 2.26. The Bertz CT molecular complexity index is 605. The third kappa shape index (κ3) is 3.13. The summed E-state index contributed by atoms with van der Waals surface area (Å²) in [5.74, 6) is -0.394. The maximum atomic E-state index is 12.0. The molecular weight excluding hydrogens is 287 g/mol. The number of carbonyl (C=O) groups excluding carboxylic acids is 1. The summed E-state index contributed by atoms with van der Waals surface area (Å²) in [6, 6.07) is 4.73. The number of hydrogen-bond donors (Lipinski definition) is 2. The Labute approximate surface area is 119 Å².